The number of amides is 1. The third kappa shape index (κ3) is 4.71. The van der Waals surface area contributed by atoms with Gasteiger partial charge < -0.3 is 5.32 Å². The molecule has 128 valence electrons. The molecular weight excluding hydrogens is 331 g/mol. The zero-order valence-corrected chi connectivity index (χ0v) is 14.9. The van der Waals surface area contributed by atoms with Crippen molar-refractivity contribution < 1.29 is 18.0 Å². The Morgan fingerprint density at radius 1 is 1.04 bits per heavy atom. The molecule has 0 radical (unpaired) electrons. The lowest BCUT2D eigenvalue weighted by Crippen LogP contribution is -2.37. The maximum absolute atomic E-state index is 12.7. The van der Waals surface area contributed by atoms with Crippen LogP contribution in [-0.2, 0) is 12.7 Å². The van der Waals surface area contributed by atoms with Gasteiger partial charge >= 0.3 is 6.18 Å². The Hall–Kier alpha value is -2.08. The first-order valence-electron chi connectivity index (χ1n) is 7.62. The van der Waals surface area contributed by atoms with E-state index < -0.39 is 25.7 Å². The Morgan fingerprint density at radius 2 is 1.67 bits per heavy atom. The smallest absolute Gasteiger partial charge is 0.348 e. The van der Waals surface area contributed by atoms with E-state index in [-0.39, 0.29) is 12.1 Å². The molecule has 0 fully saturated rings. The van der Waals surface area contributed by atoms with Crippen LogP contribution in [0.15, 0.2) is 48.5 Å². The van der Waals surface area contributed by atoms with Gasteiger partial charge in [-0.2, -0.15) is 13.2 Å². The fraction of sp³-hybridized carbons (Fsp3) is 0.278. The lowest BCUT2D eigenvalue weighted by atomic mass is 10.1. The first-order chi connectivity index (χ1) is 11.1. The molecule has 2 nitrogen and oxygen atoms in total. The molecular formula is C18H20F3NOSi. The van der Waals surface area contributed by atoms with Gasteiger partial charge in [0.1, 0.15) is 0 Å². The molecule has 2 aromatic carbocycles. The van der Waals surface area contributed by atoms with Gasteiger partial charge in [0.25, 0.3) is 5.91 Å². The Bertz CT molecular complexity index is 718. The summed E-state index contributed by atoms with van der Waals surface area (Å²) in [6.07, 6.45) is -4.46. The Morgan fingerprint density at radius 3 is 2.21 bits per heavy atom. The van der Waals surface area contributed by atoms with Crippen molar-refractivity contribution in [1.29, 1.82) is 0 Å². The summed E-state index contributed by atoms with van der Waals surface area (Å²) in [6, 6.07) is 12.4. The van der Waals surface area contributed by atoms with Gasteiger partial charge in [-0.15, -0.1) is 0 Å². The summed E-state index contributed by atoms with van der Waals surface area (Å²) in [5, 5.41) is 3.97. The highest BCUT2D eigenvalue weighted by molar-refractivity contribution is 6.88. The molecule has 2 rings (SSSR count). The molecule has 0 aromatic heterocycles. The Kier molecular flexibility index (Phi) is 5.18. The van der Waals surface area contributed by atoms with Crippen LogP contribution in [0.5, 0.6) is 0 Å². The van der Waals surface area contributed by atoms with E-state index in [9.17, 15) is 18.0 Å². The molecule has 2 aromatic rings. The predicted molar refractivity (Wildman–Crippen MR) is 92.0 cm³/mol. The Labute approximate surface area is 140 Å². The number of halogens is 3. The highest BCUT2D eigenvalue weighted by Crippen LogP contribution is 2.29. The monoisotopic (exact) mass is 351 g/mol. The Balaban J connectivity index is 2.03. The second-order valence-electron chi connectivity index (χ2n) is 6.71. The zero-order chi connectivity index (χ0) is 18.0. The average molecular weight is 351 g/mol. The van der Waals surface area contributed by atoms with Gasteiger partial charge in [-0.1, -0.05) is 55.2 Å². The number of carbonyl (C=O) groups excluding carboxylic acids is 1. The van der Waals surface area contributed by atoms with Crippen LogP contribution >= 0.6 is 0 Å². The summed E-state index contributed by atoms with van der Waals surface area (Å²) < 4.78 is 38.1. The van der Waals surface area contributed by atoms with Gasteiger partial charge in [-0.25, -0.2) is 0 Å². The van der Waals surface area contributed by atoms with Crippen LogP contribution in [0.2, 0.25) is 19.6 Å². The van der Waals surface area contributed by atoms with E-state index in [1.54, 1.807) is 0 Å². The van der Waals surface area contributed by atoms with E-state index in [0.717, 1.165) is 17.7 Å². The first kappa shape index (κ1) is 18.3. The lowest BCUT2D eigenvalue weighted by Gasteiger charge is -2.16. The molecule has 0 saturated carbocycles. The van der Waals surface area contributed by atoms with Gasteiger partial charge in [-0.3, -0.25) is 4.79 Å². The van der Waals surface area contributed by atoms with Crippen molar-refractivity contribution in [3.63, 3.8) is 0 Å². The first-order valence-corrected chi connectivity index (χ1v) is 11.1. The molecule has 0 heterocycles. The third-order valence-electron chi connectivity index (χ3n) is 3.73. The second-order valence-corrected chi connectivity index (χ2v) is 11.8. The number of hydrogen-bond donors (Lipinski definition) is 1. The SMILES string of the molecule is C[Si](C)(C)c1ccc(CNC(=O)c2cccc(C(F)(F)F)c2)cc1. The lowest BCUT2D eigenvalue weighted by molar-refractivity contribution is -0.137. The van der Waals surface area contributed by atoms with Crippen molar-refractivity contribution in [2.45, 2.75) is 32.4 Å². The molecule has 1 N–H and O–H groups in total. The molecule has 0 aliphatic carbocycles. The number of alkyl halides is 3. The van der Waals surface area contributed by atoms with Crippen molar-refractivity contribution in [2.24, 2.45) is 0 Å². The van der Waals surface area contributed by atoms with Crippen molar-refractivity contribution in [3.8, 4) is 0 Å². The predicted octanol–water partition coefficient (Wildman–Crippen LogP) is 4.18. The number of rotatable bonds is 4. The van der Waals surface area contributed by atoms with E-state index in [4.69, 9.17) is 0 Å². The van der Waals surface area contributed by atoms with Crippen molar-refractivity contribution in [2.75, 3.05) is 0 Å². The van der Waals surface area contributed by atoms with Gasteiger partial charge in [0.15, 0.2) is 0 Å². The number of benzene rings is 2. The van der Waals surface area contributed by atoms with Crippen molar-refractivity contribution in [3.05, 3.63) is 65.2 Å². The average Bonchev–Trinajstić information content (AvgIpc) is 2.51. The number of nitrogens with one attached hydrogen (secondary N) is 1. The van der Waals surface area contributed by atoms with E-state index in [1.165, 1.54) is 17.3 Å². The van der Waals surface area contributed by atoms with Crippen LogP contribution in [-0.4, -0.2) is 14.0 Å². The second kappa shape index (κ2) is 6.81. The molecule has 1 amide bonds. The molecule has 0 aliphatic heterocycles. The van der Waals surface area contributed by atoms with E-state index in [0.29, 0.717) is 0 Å². The van der Waals surface area contributed by atoms with Gasteiger partial charge in [0.2, 0.25) is 0 Å². The highest BCUT2D eigenvalue weighted by atomic mass is 28.3. The molecule has 0 atom stereocenters. The molecule has 0 bridgehead atoms. The normalized spacial score (nSPS) is 12.1. The quantitative estimate of drug-likeness (QED) is 0.823. The van der Waals surface area contributed by atoms with E-state index in [2.05, 4.69) is 37.1 Å². The number of hydrogen-bond acceptors (Lipinski definition) is 1. The molecule has 24 heavy (non-hydrogen) atoms. The summed E-state index contributed by atoms with van der Waals surface area (Å²) in [7, 11) is -1.37. The van der Waals surface area contributed by atoms with Crippen LogP contribution in [0, 0.1) is 0 Å². The summed E-state index contributed by atoms with van der Waals surface area (Å²) in [5.74, 6) is -0.518. The number of carbonyl (C=O) groups is 1. The van der Waals surface area contributed by atoms with Crippen molar-refractivity contribution >= 4 is 19.2 Å². The fourth-order valence-electron chi connectivity index (χ4n) is 2.24. The van der Waals surface area contributed by atoms with Gasteiger partial charge in [0.05, 0.1) is 13.6 Å². The maximum atomic E-state index is 12.7. The minimum atomic E-state index is -4.46. The fourth-order valence-corrected chi connectivity index (χ4v) is 3.41. The summed E-state index contributed by atoms with van der Waals surface area (Å²) in [4.78, 5) is 12.1. The minimum Gasteiger partial charge on any atom is -0.348 e. The zero-order valence-electron chi connectivity index (χ0n) is 13.9. The van der Waals surface area contributed by atoms with Crippen LogP contribution in [0.4, 0.5) is 13.2 Å². The van der Waals surface area contributed by atoms with Gasteiger partial charge in [0, 0.05) is 12.1 Å². The van der Waals surface area contributed by atoms with E-state index in [1.807, 2.05) is 12.1 Å². The van der Waals surface area contributed by atoms with Crippen LogP contribution in [0.1, 0.15) is 21.5 Å². The van der Waals surface area contributed by atoms with Crippen LogP contribution < -0.4 is 10.5 Å². The van der Waals surface area contributed by atoms with Crippen molar-refractivity contribution in [1.82, 2.24) is 5.32 Å². The molecule has 0 aliphatic rings. The minimum absolute atomic E-state index is 0.00328. The topological polar surface area (TPSA) is 29.1 Å². The third-order valence-corrected chi connectivity index (χ3v) is 5.79. The summed E-state index contributed by atoms with van der Waals surface area (Å²) in [6.45, 7) is 7.02. The standard InChI is InChI=1S/C18H20F3NOSi/c1-24(2,3)16-9-7-13(8-10-16)12-22-17(23)14-5-4-6-15(11-14)18(19,20)21/h4-11H,12H2,1-3H3,(H,22,23). The summed E-state index contributed by atoms with van der Waals surface area (Å²) in [5.41, 5.74) is 0.0931. The maximum Gasteiger partial charge on any atom is 0.416 e. The van der Waals surface area contributed by atoms with E-state index >= 15 is 0 Å². The van der Waals surface area contributed by atoms with Crippen LogP contribution in [0.25, 0.3) is 0 Å². The summed E-state index contributed by atoms with van der Waals surface area (Å²) >= 11 is 0. The molecule has 6 heteroatoms. The van der Waals surface area contributed by atoms with Crippen LogP contribution in [0.3, 0.4) is 0 Å². The van der Waals surface area contributed by atoms with Gasteiger partial charge in [-0.05, 0) is 23.8 Å². The molecule has 0 spiro atoms. The molecule has 0 saturated heterocycles. The largest absolute Gasteiger partial charge is 0.416 e. The highest BCUT2D eigenvalue weighted by Gasteiger charge is 2.30. The molecule has 0 unspecified atom stereocenters.